The molecular formula is C13H19NO4. The highest BCUT2D eigenvalue weighted by Crippen LogP contribution is 2.44. The van der Waals surface area contributed by atoms with Gasteiger partial charge in [-0.1, -0.05) is 12.2 Å². The fourth-order valence-electron chi connectivity index (χ4n) is 3.05. The summed E-state index contributed by atoms with van der Waals surface area (Å²) < 4.78 is 0. The molecule has 0 saturated heterocycles. The first kappa shape index (κ1) is 13.1. The van der Waals surface area contributed by atoms with Crippen LogP contribution in [0.5, 0.6) is 0 Å². The number of carboxylic acid groups (broad SMARTS) is 1. The van der Waals surface area contributed by atoms with E-state index in [1.807, 2.05) is 12.2 Å². The van der Waals surface area contributed by atoms with Crippen LogP contribution in [0.1, 0.15) is 19.8 Å². The maximum Gasteiger partial charge on any atom is 0.307 e. The van der Waals surface area contributed by atoms with Crippen LogP contribution in [-0.2, 0) is 9.59 Å². The number of allylic oxidation sites excluding steroid dienone is 2. The number of hydrogen-bond acceptors (Lipinski definition) is 3. The molecule has 0 radical (unpaired) electrons. The number of carboxylic acids is 1. The summed E-state index contributed by atoms with van der Waals surface area (Å²) in [4.78, 5) is 23.4. The summed E-state index contributed by atoms with van der Waals surface area (Å²) in [5.41, 5.74) is 0. The molecule has 5 atom stereocenters. The Morgan fingerprint density at radius 2 is 1.83 bits per heavy atom. The molecule has 1 saturated carbocycles. The van der Waals surface area contributed by atoms with Gasteiger partial charge in [-0.25, -0.2) is 0 Å². The van der Waals surface area contributed by atoms with Crippen LogP contribution in [0.2, 0.25) is 0 Å². The van der Waals surface area contributed by atoms with Gasteiger partial charge in [-0.05, 0) is 31.6 Å². The molecule has 0 aromatic rings. The van der Waals surface area contributed by atoms with Crippen molar-refractivity contribution in [3.63, 3.8) is 0 Å². The Hall–Kier alpha value is -1.36. The summed E-state index contributed by atoms with van der Waals surface area (Å²) in [6.07, 6.45) is 5.01. The SMILES string of the molecule is CC(O)CNC(=O)C1C2C=CC(CC2)C1C(=O)O. The standard InChI is InChI=1S/C13H19NO4/c1-7(15)6-14-12(16)10-8-2-4-9(5-3-8)11(10)13(17)18/h2,4,7-11,15H,3,5-6H2,1H3,(H,14,16)(H,17,18). The molecule has 0 spiro atoms. The quantitative estimate of drug-likeness (QED) is 0.633. The van der Waals surface area contributed by atoms with Gasteiger partial charge >= 0.3 is 5.97 Å². The van der Waals surface area contributed by atoms with Gasteiger partial charge in [0.05, 0.1) is 17.9 Å². The topological polar surface area (TPSA) is 86.6 Å². The number of fused-ring (bicyclic) bond motifs is 2. The van der Waals surface area contributed by atoms with Crippen molar-refractivity contribution < 1.29 is 19.8 Å². The van der Waals surface area contributed by atoms with Crippen LogP contribution in [-0.4, -0.2) is 34.7 Å². The van der Waals surface area contributed by atoms with Gasteiger partial charge in [0.25, 0.3) is 0 Å². The number of nitrogens with one attached hydrogen (secondary N) is 1. The average Bonchev–Trinajstić information content (AvgIpc) is 2.36. The summed E-state index contributed by atoms with van der Waals surface area (Å²) in [5, 5.41) is 21.1. The number of carbonyl (C=O) groups is 2. The van der Waals surface area contributed by atoms with Crippen molar-refractivity contribution in [2.24, 2.45) is 23.7 Å². The van der Waals surface area contributed by atoms with E-state index in [1.54, 1.807) is 6.92 Å². The van der Waals surface area contributed by atoms with Crippen molar-refractivity contribution in [1.29, 1.82) is 0 Å². The number of aliphatic hydroxyl groups excluding tert-OH is 1. The Kier molecular flexibility index (Phi) is 3.71. The molecule has 0 aromatic heterocycles. The van der Waals surface area contributed by atoms with Crippen molar-refractivity contribution in [3.05, 3.63) is 12.2 Å². The van der Waals surface area contributed by atoms with Crippen molar-refractivity contribution in [1.82, 2.24) is 5.32 Å². The van der Waals surface area contributed by atoms with E-state index in [0.29, 0.717) is 0 Å². The molecule has 1 amide bonds. The molecule has 0 aliphatic heterocycles. The van der Waals surface area contributed by atoms with E-state index in [-0.39, 0.29) is 24.3 Å². The van der Waals surface area contributed by atoms with Gasteiger partial charge in [0.1, 0.15) is 0 Å². The lowest BCUT2D eigenvalue weighted by Gasteiger charge is -2.41. The largest absolute Gasteiger partial charge is 0.481 e. The van der Waals surface area contributed by atoms with Crippen molar-refractivity contribution in [2.75, 3.05) is 6.54 Å². The molecule has 100 valence electrons. The molecular weight excluding hydrogens is 234 g/mol. The lowest BCUT2D eigenvalue weighted by atomic mass is 9.62. The minimum Gasteiger partial charge on any atom is -0.481 e. The van der Waals surface area contributed by atoms with E-state index in [2.05, 4.69) is 5.32 Å². The lowest BCUT2D eigenvalue weighted by molar-refractivity contribution is -0.153. The highest BCUT2D eigenvalue weighted by Gasteiger charge is 2.48. The Balaban J connectivity index is 2.11. The first-order valence-electron chi connectivity index (χ1n) is 6.37. The highest BCUT2D eigenvalue weighted by atomic mass is 16.4. The minimum absolute atomic E-state index is 0.0186. The van der Waals surface area contributed by atoms with Gasteiger partial charge in [0, 0.05) is 6.54 Å². The number of amides is 1. The third kappa shape index (κ3) is 2.41. The van der Waals surface area contributed by atoms with Gasteiger partial charge in [0.2, 0.25) is 5.91 Å². The number of carbonyl (C=O) groups excluding carboxylic acids is 1. The van der Waals surface area contributed by atoms with E-state index < -0.39 is 23.9 Å². The molecule has 0 heterocycles. The second-order valence-corrected chi connectivity index (χ2v) is 5.27. The molecule has 18 heavy (non-hydrogen) atoms. The first-order valence-corrected chi connectivity index (χ1v) is 6.37. The Bertz CT molecular complexity index is 377. The maximum absolute atomic E-state index is 12.1. The van der Waals surface area contributed by atoms with E-state index in [0.717, 1.165) is 12.8 Å². The van der Waals surface area contributed by atoms with Crippen LogP contribution in [0.25, 0.3) is 0 Å². The zero-order valence-electron chi connectivity index (χ0n) is 10.4. The predicted octanol–water partition coefficient (Wildman–Crippen LogP) is 0.396. The Morgan fingerprint density at radius 1 is 1.28 bits per heavy atom. The van der Waals surface area contributed by atoms with Crippen molar-refractivity contribution in [2.45, 2.75) is 25.9 Å². The van der Waals surface area contributed by atoms with Crippen molar-refractivity contribution >= 4 is 11.9 Å². The third-order valence-electron chi connectivity index (χ3n) is 3.91. The van der Waals surface area contributed by atoms with Gasteiger partial charge < -0.3 is 15.5 Å². The van der Waals surface area contributed by atoms with Crippen LogP contribution in [0.15, 0.2) is 12.2 Å². The molecule has 3 aliphatic rings. The molecule has 3 aliphatic carbocycles. The van der Waals surface area contributed by atoms with E-state index in [4.69, 9.17) is 5.11 Å². The van der Waals surface area contributed by atoms with Gasteiger partial charge in [-0.3, -0.25) is 9.59 Å². The van der Waals surface area contributed by atoms with E-state index in [1.165, 1.54) is 0 Å². The number of aliphatic carboxylic acids is 1. The fraction of sp³-hybridized carbons (Fsp3) is 0.692. The lowest BCUT2D eigenvalue weighted by Crippen LogP contribution is -2.49. The molecule has 5 nitrogen and oxygen atoms in total. The van der Waals surface area contributed by atoms with Crippen LogP contribution in [0.3, 0.4) is 0 Å². The normalized spacial score (nSPS) is 35.2. The molecule has 5 heteroatoms. The molecule has 5 unspecified atom stereocenters. The van der Waals surface area contributed by atoms with E-state index in [9.17, 15) is 14.7 Å². The zero-order valence-corrected chi connectivity index (χ0v) is 10.4. The smallest absolute Gasteiger partial charge is 0.307 e. The van der Waals surface area contributed by atoms with Gasteiger partial charge in [-0.15, -0.1) is 0 Å². The molecule has 3 rings (SSSR count). The number of hydrogen-bond donors (Lipinski definition) is 3. The molecule has 2 bridgehead atoms. The number of rotatable bonds is 4. The molecule has 1 fully saturated rings. The Labute approximate surface area is 106 Å². The Morgan fingerprint density at radius 3 is 2.28 bits per heavy atom. The van der Waals surface area contributed by atoms with Crippen LogP contribution in [0.4, 0.5) is 0 Å². The van der Waals surface area contributed by atoms with Crippen LogP contribution >= 0.6 is 0 Å². The first-order chi connectivity index (χ1) is 8.50. The summed E-state index contributed by atoms with van der Waals surface area (Å²) in [6.45, 7) is 1.75. The zero-order chi connectivity index (χ0) is 13.3. The van der Waals surface area contributed by atoms with Gasteiger partial charge in [-0.2, -0.15) is 0 Å². The summed E-state index contributed by atoms with van der Waals surface area (Å²) in [5.74, 6) is -2.28. The average molecular weight is 253 g/mol. The van der Waals surface area contributed by atoms with Crippen LogP contribution in [0, 0.1) is 23.7 Å². The highest BCUT2D eigenvalue weighted by molar-refractivity contribution is 5.86. The summed E-state index contributed by atoms with van der Waals surface area (Å²) >= 11 is 0. The summed E-state index contributed by atoms with van der Waals surface area (Å²) in [7, 11) is 0. The number of aliphatic hydroxyl groups is 1. The minimum atomic E-state index is -0.897. The molecule has 3 N–H and O–H groups in total. The van der Waals surface area contributed by atoms with Crippen LogP contribution < -0.4 is 5.32 Å². The second kappa shape index (κ2) is 5.10. The third-order valence-corrected chi connectivity index (χ3v) is 3.91. The summed E-state index contributed by atoms with van der Waals surface area (Å²) in [6, 6.07) is 0. The fourth-order valence-corrected chi connectivity index (χ4v) is 3.05. The monoisotopic (exact) mass is 253 g/mol. The maximum atomic E-state index is 12.1. The second-order valence-electron chi connectivity index (χ2n) is 5.27. The molecule has 0 aromatic carbocycles. The van der Waals surface area contributed by atoms with E-state index >= 15 is 0 Å². The van der Waals surface area contributed by atoms with Crippen molar-refractivity contribution in [3.8, 4) is 0 Å². The predicted molar refractivity (Wildman–Crippen MR) is 64.7 cm³/mol. The van der Waals surface area contributed by atoms with Gasteiger partial charge in [0.15, 0.2) is 0 Å².